The lowest BCUT2D eigenvalue weighted by molar-refractivity contribution is -0.145. The maximum Gasteiger partial charge on any atom is 0.416 e. The van der Waals surface area contributed by atoms with E-state index in [-0.39, 0.29) is 31.7 Å². The molecule has 3 amide bonds. The number of primary amides is 1. The van der Waals surface area contributed by atoms with Crippen LogP contribution in [0.25, 0.3) is 0 Å². The van der Waals surface area contributed by atoms with Gasteiger partial charge in [-0.05, 0) is 24.3 Å². The molecule has 0 radical (unpaired) electrons. The van der Waals surface area contributed by atoms with Crippen molar-refractivity contribution in [3.63, 3.8) is 0 Å². The number of carbonyl (C=O) groups excluding carboxylic acids is 3. The summed E-state index contributed by atoms with van der Waals surface area (Å²) in [4.78, 5) is 37.1. The van der Waals surface area contributed by atoms with E-state index in [0.717, 1.165) is 24.3 Å². The highest BCUT2D eigenvalue weighted by Crippen LogP contribution is 2.29. The predicted octanol–water partition coefficient (Wildman–Crippen LogP) is 0.475. The van der Waals surface area contributed by atoms with Crippen molar-refractivity contribution in [1.82, 2.24) is 9.80 Å². The number of amides is 3. The Bertz CT molecular complexity index is 620. The van der Waals surface area contributed by atoms with Crippen molar-refractivity contribution in [3.05, 3.63) is 35.4 Å². The van der Waals surface area contributed by atoms with Gasteiger partial charge in [0, 0.05) is 31.7 Å². The van der Waals surface area contributed by atoms with Crippen molar-refractivity contribution < 1.29 is 27.6 Å². The number of rotatable bonds is 1. The molecule has 1 fully saturated rings. The smallest absolute Gasteiger partial charge is 0.361 e. The summed E-state index contributed by atoms with van der Waals surface area (Å²) in [6, 6.07) is 3.93. The van der Waals surface area contributed by atoms with Crippen LogP contribution in [0.15, 0.2) is 24.3 Å². The lowest BCUT2D eigenvalue weighted by Gasteiger charge is -2.34. The van der Waals surface area contributed by atoms with Crippen molar-refractivity contribution in [1.29, 1.82) is 0 Å². The molecule has 6 nitrogen and oxygen atoms in total. The van der Waals surface area contributed by atoms with Crippen LogP contribution in [0.4, 0.5) is 13.2 Å². The zero-order chi connectivity index (χ0) is 17.2. The number of piperazine rings is 1. The molecule has 9 heteroatoms. The van der Waals surface area contributed by atoms with Crippen LogP contribution < -0.4 is 5.73 Å². The molecule has 0 spiro atoms. The lowest BCUT2D eigenvalue weighted by Crippen LogP contribution is -2.53. The van der Waals surface area contributed by atoms with E-state index in [1.165, 1.54) is 9.80 Å². The molecule has 1 aromatic rings. The summed E-state index contributed by atoms with van der Waals surface area (Å²) in [5.74, 6) is -2.30. The minimum atomic E-state index is -4.46. The topological polar surface area (TPSA) is 83.7 Å². The zero-order valence-electron chi connectivity index (χ0n) is 12.0. The summed E-state index contributed by atoms with van der Waals surface area (Å²) in [5, 5.41) is 0. The molecule has 0 aromatic heterocycles. The Labute approximate surface area is 129 Å². The number of carbonyl (C=O) groups is 3. The molecule has 0 aliphatic carbocycles. The Morgan fingerprint density at radius 2 is 1.39 bits per heavy atom. The number of hydrogen-bond donors (Lipinski definition) is 1. The van der Waals surface area contributed by atoms with E-state index in [1.807, 2.05) is 0 Å². The molecule has 0 unspecified atom stereocenters. The third kappa shape index (κ3) is 3.79. The van der Waals surface area contributed by atoms with Gasteiger partial charge in [0.15, 0.2) is 0 Å². The third-order valence-electron chi connectivity index (χ3n) is 3.52. The summed E-state index contributed by atoms with van der Waals surface area (Å²) in [7, 11) is 0. The molecule has 2 rings (SSSR count). The highest BCUT2D eigenvalue weighted by atomic mass is 19.4. The highest BCUT2D eigenvalue weighted by molar-refractivity contribution is 6.34. The Hall–Kier alpha value is -2.58. The fourth-order valence-corrected chi connectivity index (χ4v) is 2.25. The van der Waals surface area contributed by atoms with Crippen molar-refractivity contribution in [3.8, 4) is 0 Å². The minimum Gasteiger partial charge on any atom is -0.361 e. The second-order valence-corrected chi connectivity index (χ2v) is 5.02. The monoisotopic (exact) mass is 329 g/mol. The minimum absolute atomic E-state index is 0.132. The van der Waals surface area contributed by atoms with Crippen LogP contribution in [0.2, 0.25) is 0 Å². The van der Waals surface area contributed by atoms with Crippen LogP contribution in [0.1, 0.15) is 15.9 Å². The van der Waals surface area contributed by atoms with Gasteiger partial charge in [-0.15, -0.1) is 0 Å². The molecule has 1 aliphatic rings. The van der Waals surface area contributed by atoms with Crippen LogP contribution in [-0.2, 0) is 15.8 Å². The Morgan fingerprint density at radius 3 is 1.83 bits per heavy atom. The molecule has 124 valence electrons. The van der Waals surface area contributed by atoms with E-state index in [2.05, 4.69) is 0 Å². The summed E-state index contributed by atoms with van der Waals surface area (Å²) in [6.45, 7) is 0.653. The van der Waals surface area contributed by atoms with Gasteiger partial charge in [-0.25, -0.2) is 0 Å². The van der Waals surface area contributed by atoms with Crippen LogP contribution in [0, 0.1) is 0 Å². The first-order chi connectivity index (χ1) is 10.7. The average molecular weight is 329 g/mol. The Morgan fingerprint density at radius 1 is 0.913 bits per heavy atom. The first kappa shape index (κ1) is 16.8. The van der Waals surface area contributed by atoms with E-state index in [0.29, 0.717) is 0 Å². The zero-order valence-corrected chi connectivity index (χ0v) is 12.0. The Kier molecular flexibility index (Phi) is 4.57. The summed E-state index contributed by atoms with van der Waals surface area (Å²) < 4.78 is 37.5. The van der Waals surface area contributed by atoms with Crippen LogP contribution in [-0.4, -0.2) is 53.7 Å². The molecular weight excluding hydrogens is 315 g/mol. The summed E-state index contributed by atoms with van der Waals surface area (Å²) >= 11 is 0. The van der Waals surface area contributed by atoms with Crippen molar-refractivity contribution >= 4 is 17.7 Å². The maximum absolute atomic E-state index is 12.5. The van der Waals surface area contributed by atoms with Crippen molar-refractivity contribution in [2.45, 2.75) is 6.18 Å². The first-order valence-electron chi connectivity index (χ1n) is 6.75. The predicted molar refractivity (Wildman–Crippen MR) is 73.1 cm³/mol. The fourth-order valence-electron chi connectivity index (χ4n) is 2.25. The SMILES string of the molecule is NC(=O)C(=O)N1CCN(C(=O)c2ccc(C(F)(F)F)cc2)CC1. The van der Waals surface area contributed by atoms with E-state index in [1.54, 1.807) is 0 Å². The van der Waals surface area contributed by atoms with Crippen molar-refractivity contribution in [2.75, 3.05) is 26.2 Å². The molecule has 0 bridgehead atoms. The molecule has 1 aromatic carbocycles. The van der Waals surface area contributed by atoms with Gasteiger partial charge in [-0.2, -0.15) is 13.2 Å². The number of hydrogen-bond acceptors (Lipinski definition) is 3. The second-order valence-electron chi connectivity index (χ2n) is 5.02. The molecular formula is C14H14F3N3O3. The molecule has 0 saturated carbocycles. The average Bonchev–Trinajstić information content (AvgIpc) is 2.53. The molecule has 0 atom stereocenters. The standard InChI is InChI=1S/C14H14F3N3O3/c15-14(16,17)10-3-1-9(2-4-10)12(22)19-5-7-20(8-6-19)13(23)11(18)21/h1-4H,5-8H2,(H2,18,21). The maximum atomic E-state index is 12.5. The van der Waals surface area contributed by atoms with Gasteiger partial charge in [-0.1, -0.05) is 0 Å². The number of alkyl halides is 3. The van der Waals surface area contributed by atoms with Crippen LogP contribution in [0.3, 0.4) is 0 Å². The van der Waals surface area contributed by atoms with E-state index < -0.39 is 29.5 Å². The molecule has 23 heavy (non-hydrogen) atoms. The fraction of sp³-hybridized carbons (Fsp3) is 0.357. The van der Waals surface area contributed by atoms with Gasteiger partial charge < -0.3 is 15.5 Å². The molecule has 1 saturated heterocycles. The van der Waals surface area contributed by atoms with E-state index in [9.17, 15) is 27.6 Å². The van der Waals surface area contributed by atoms with E-state index in [4.69, 9.17) is 5.73 Å². The quantitative estimate of drug-likeness (QED) is 0.761. The number of benzene rings is 1. The van der Waals surface area contributed by atoms with Crippen molar-refractivity contribution in [2.24, 2.45) is 5.73 Å². The van der Waals surface area contributed by atoms with E-state index >= 15 is 0 Å². The van der Waals surface area contributed by atoms with Crippen LogP contribution >= 0.6 is 0 Å². The number of halogens is 3. The molecule has 2 N–H and O–H groups in total. The summed E-state index contributed by atoms with van der Waals surface area (Å²) in [5.41, 5.74) is 4.20. The molecule has 1 heterocycles. The first-order valence-corrected chi connectivity index (χ1v) is 6.75. The lowest BCUT2D eigenvalue weighted by atomic mass is 10.1. The number of nitrogens with two attached hydrogens (primary N) is 1. The number of nitrogens with zero attached hydrogens (tertiary/aromatic N) is 2. The third-order valence-corrected chi connectivity index (χ3v) is 3.52. The van der Waals surface area contributed by atoms with Gasteiger partial charge in [0.05, 0.1) is 5.56 Å². The second kappa shape index (κ2) is 6.27. The summed E-state index contributed by atoms with van der Waals surface area (Å²) in [6.07, 6.45) is -4.46. The molecule has 1 aliphatic heterocycles. The highest BCUT2D eigenvalue weighted by Gasteiger charge is 2.31. The van der Waals surface area contributed by atoms with Gasteiger partial charge in [-0.3, -0.25) is 14.4 Å². The van der Waals surface area contributed by atoms with Crippen LogP contribution in [0.5, 0.6) is 0 Å². The Balaban J connectivity index is 2.00. The normalized spacial score (nSPS) is 15.4. The van der Waals surface area contributed by atoms with Gasteiger partial charge in [0.25, 0.3) is 5.91 Å². The van der Waals surface area contributed by atoms with Gasteiger partial charge in [0.2, 0.25) is 0 Å². The van der Waals surface area contributed by atoms with Gasteiger partial charge >= 0.3 is 18.0 Å². The van der Waals surface area contributed by atoms with Gasteiger partial charge in [0.1, 0.15) is 0 Å². The largest absolute Gasteiger partial charge is 0.416 e.